The number of carbonyl (C=O) groups excluding carboxylic acids is 3. The number of methoxy groups -OCH3 is 1. The van der Waals surface area contributed by atoms with Crippen LogP contribution in [0.1, 0.15) is 37.0 Å². The van der Waals surface area contributed by atoms with Gasteiger partial charge in [0.05, 0.1) is 7.11 Å². The number of nitrogens with one attached hydrogen (secondary N) is 3. The molecule has 1 atom stereocenters. The van der Waals surface area contributed by atoms with Crippen LogP contribution >= 0.6 is 11.6 Å². The molecule has 0 bridgehead atoms. The highest BCUT2D eigenvalue weighted by molar-refractivity contribution is 6.30. The number of urea groups is 1. The Hall–Kier alpha value is -3.26. The van der Waals surface area contributed by atoms with E-state index in [-0.39, 0.29) is 29.7 Å². The summed E-state index contributed by atoms with van der Waals surface area (Å²) in [5.41, 5.74) is 1.08. The van der Waals surface area contributed by atoms with Crippen LogP contribution in [0.5, 0.6) is 5.75 Å². The first-order valence-corrected chi connectivity index (χ1v) is 12.2. The van der Waals surface area contributed by atoms with Crippen LogP contribution < -0.4 is 20.7 Å². The van der Waals surface area contributed by atoms with Gasteiger partial charge in [0.2, 0.25) is 5.91 Å². The summed E-state index contributed by atoms with van der Waals surface area (Å²) in [6.07, 6.45) is 1.18. The van der Waals surface area contributed by atoms with Gasteiger partial charge < -0.3 is 25.6 Å². The Morgan fingerprint density at radius 3 is 2.37 bits per heavy atom. The van der Waals surface area contributed by atoms with E-state index in [1.807, 2.05) is 13.8 Å². The van der Waals surface area contributed by atoms with Gasteiger partial charge in [0.25, 0.3) is 5.91 Å². The SMILES string of the molecule is COc1ccc(C(=O)NC(C(=O)NCC(C)C)C2CCN(C(=O)Nc3cccc(Cl)c3)CC2)cc1. The molecular formula is C26H33ClN4O4. The van der Waals surface area contributed by atoms with Crippen LogP contribution in [0.3, 0.4) is 0 Å². The number of halogens is 1. The average molecular weight is 501 g/mol. The third-order valence-electron chi connectivity index (χ3n) is 5.98. The molecule has 1 unspecified atom stereocenters. The zero-order valence-corrected chi connectivity index (χ0v) is 21.1. The fourth-order valence-corrected chi connectivity index (χ4v) is 4.17. The largest absolute Gasteiger partial charge is 0.497 e. The summed E-state index contributed by atoms with van der Waals surface area (Å²) in [7, 11) is 1.56. The molecule has 1 heterocycles. The molecule has 9 heteroatoms. The molecule has 1 saturated heterocycles. The summed E-state index contributed by atoms with van der Waals surface area (Å²) in [5.74, 6) is 0.311. The van der Waals surface area contributed by atoms with E-state index in [0.717, 1.165) is 0 Å². The molecule has 2 aromatic rings. The number of piperidine rings is 1. The summed E-state index contributed by atoms with van der Waals surface area (Å²) in [6.45, 7) is 5.51. The van der Waals surface area contributed by atoms with Crippen molar-refractivity contribution in [1.29, 1.82) is 0 Å². The topological polar surface area (TPSA) is 99.8 Å². The lowest BCUT2D eigenvalue weighted by Gasteiger charge is -2.36. The Morgan fingerprint density at radius 2 is 1.77 bits per heavy atom. The van der Waals surface area contributed by atoms with Gasteiger partial charge in [0.15, 0.2) is 0 Å². The molecule has 35 heavy (non-hydrogen) atoms. The van der Waals surface area contributed by atoms with E-state index in [1.165, 1.54) is 0 Å². The van der Waals surface area contributed by atoms with E-state index in [2.05, 4.69) is 16.0 Å². The number of anilines is 1. The molecule has 1 aliphatic rings. The molecule has 0 radical (unpaired) electrons. The summed E-state index contributed by atoms with van der Waals surface area (Å²) in [6, 6.07) is 12.8. The van der Waals surface area contributed by atoms with Gasteiger partial charge in [0.1, 0.15) is 11.8 Å². The fraction of sp³-hybridized carbons (Fsp3) is 0.423. The zero-order valence-electron chi connectivity index (χ0n) is 20.3. The van der Waals surface area contributed by atoms with Crippen molar-refractivity contribution in [2.75, 3.05) is 32.1 Å². The summed E-state index contributed by atoms with van der Waals surface area (Å²) < 4.78 is 5.15. The summed E-state index contributed by atoms with van der Waals surface area (Å²) in [5, 5.41) is 9.28. The standard InChI is InChI=1S/C26H33ClN4O4/c1-17(2)16-28-25(33)23(30-24(32)19-7-9-22(35-3)10-8-19)18-11-13-31(14-12-18)26(34)29-21-6-4-5-20(27)15-21/h4-10,15,17-18,23H,11-14,16H2,1-3H3,(H,28,33)(H,29,34)(H,30,32). The highest BCUT2D eigenvalue weighted by Gasteiger charge is 2.34. The van der Waals surface area contributed by atoms with Crippen LogP contribution in [0.4, 0.5) is 10.5 Å². The molecular weight excluding hydrogens is 468 g/mol. The number of rotatable bonds is 8. The van der Waals surface area contributed by atoms with E-state index in [4.69, 9.17) is 16.3 Å². The molecule has 1 aliphatic heterocycles. The minimum atomic E-state index is -0.693. The lowest BCUT2D eigenvalue weighted by molar-refractivity contribution is -0.124. The number of hydrogen-bond acceptors (Lipinski definition) is 4. The van der Waals surface area contributed by atoms with Crippen molar-refractivity contribution in [3.05, 3.63) is 59.1 Å². The van der Waals surface area contributed by atoms with Crippen LogP contribution in [0.2, 0.25) is 5.02 Å². The number of likely N-dealkylation sites (tertiary alicyclic amines) is 1. The Morgan fingerprint density at radius 1 is 1.09 bits per heavy atom. The number of amides is 4. The maximum atomic E-state index is 13.1. The molecule has 0 aliphatic carbocycles. The Balaban J connectivity index is 1.64. The van der Waals surface area contributed by atoms with E-state index in [9.17, 15) is 14.4 Å². The minimum Gasteiger partial charge on any atom is -0.497 e. The maximum absolute atomic E-state index is 13.1. The van der Waals surface area contributed by atoms with Crippen molar-refractivity contribution in [2.24, 2.45) is 11.8 Å². The van der Waals surface area contributed by atoms with Gasteiger partial charge in [-0.2, -0.15) is 0 Å². The van der Waals surface area contributed by atoms with Crippen LogP contribution in [0.25, 0.3) is 0 Å². The number of benzene rings is 2. The first-order valence-electron chi connectivity index (χ1n) is 11.8. The van der Waals surface area contributed by atoms with Crippen LogP contribution in [-0.4, -0.2) is 55.5 Å². The Bertz CT molecular complexity index is 1020. The summed E-state index contributed by atoms with van der Waals surface area (Å²) in [4.78, 5) is 40.4. The van der Waals surface area contributed by atoms with E-state index in [0.29, 0.717) is 54.5 Å². The van der Waals surface area contributed by atoms with Crippen LogP contribution in [0, 0.1) is 11.8 Å². The average Bonchev–Trinajstić information content (AvgIpc) is 2.86. The van der Waals surface area contributed by atoms with Crippen molar-refractivity contribution in [2.45, 2.75) is 32.7 Å². The van der Waals surface area contributed by atoms with Gasteiger partial charge in [0, 0.05) is 35.9 Å². The smallest absolute Gasteiger partial charge is 0.321 e. The number of carbonyl (C=O) groups is 3. The predicted octanol–water partition coefficient (Wildman–Crippen LogP) is 4.16. The molecule has 2 aromatic carbocycles. The van der Waals surface area contributed by atoms with Gasteiger partial charge in [-0.1, -0.05) is 31.5 Å². The molecule has 0 spiro atoms. The highest BCUT2D eigenvalue weighted by Crippen LogP contribution is 2.23. The fourth-order valence-electron chi connectivity index (χ4n) is 3.98. The third kappa shape index (κ3) is 7.62. The zero-order chi connectivity index (χ0) is 25.4. The van der Waals surface area contributed by atoms with Crippen molar-refractivity contribution in [3.8, 4) is 5.75 Å². The van der Waals surface area contributed by atoms with Crippen molar-refractivity contribution in [1.82, 2.24) is 15.5 Å². The Kier molecular flexibility index (Phi) is 9.37. The maximum Gasteiger partial charge on any atom is 0.321 e. The van der Waals surface area contributed by atoms with Crippen molar-refractivity contribution < 1.29 is 19.1 Å². The van der Waals surface area contributed by atoms with E-state index in [1.54, 1.807) is 60.5 Å². The monoisotopic (exact) mass is 500 g/mol. The lowest BCUT2D eigenvalue weighted by Crippen LogP contribution is -2.54. The number of ether oxygens (including phenoxy) is 1. The quantitative estimate of drug-likeness (QED) is 0.506. The number of hydrogen-bond donors (Lipinski definition) is 3. The van der Waals surface area contributed by atoms with Gasteiger partial charge in [-0.25, -0.2) is 4.79 Å². The molecule has 188 valence electrons. The van der Waals surface area contributed by atoms with Crippen LogP contribution in [-0.2, 0) is 4.79 Å². The Labute approximate surface area is 211 Å². The molecule has 4 amide bonds. The minimum absolute atomic E-state index is 0.0976. The molecule has 1 fully saturated rings. The highest BCUT2D eigenvalue weighted by atomic mass is 35.5. The van der Waals surface area contributed by atoms with Gasteiger partial charge in [-0.05, 0) is 67.1 Å². The number of nitrogens with zero attached hydrogens (tertiary/aromatic N) is 1. The summed E-state index contributed by atoms with van der Waals surface area (Å²) >= 11 is 6.00. The van der Waals surface area contributed by atoms with E-state index < -0.39 is 6.04 Å². The van der Waals surface area contributed by atoms with Crippen molar-refractivity contribution >= 4 is 35.1 Å². The molecule has 3 N–H and O–H groups in total. The molecule has 0 saturated carbocycles. The molecule has 8 nitrogen and oxygen atoms in total. The normalized spacial score (nSPS) is 14.8. The first kappa shape index (κ1) is 26.3. The lowest BCUT2D eigenvalue weighted by atomic mass is 9.88. The second-order valence-electron chi connectivity index (χ2n) is 9.08. The van der Waals surface area contributed by atoms with E-state index >= 15 is 0 Å². The third-order valence-corrected chi connectivity index (χ3v) is 6.22. The predicted molar refractivity (Wildman–Crippen MR) is 137 cm³/mol. The first-order chi connectivity index (χ1) is 16.8. The van der Waals surface area contributed by atoms with Gasteiger partial charge >= 0.3 is 6.03 Å². The van der Waals surface area contributed by atoms with Crippen molar-refractivity contribution in [3.63, 3.8) is 0 Å². The molecule has 0 aromatic heterocycles. The van der Waals surface area contributed by atoms with Gasteiger partial charge in [-0.15, -0.1) is 0 Å². The second kappa shape index (κ2) is 12.4. The second-order valence-corrected chi connectivity index (χ2v) is 9.52. The van der Waals surface area contributed by atoms with Crippen LogP contribution in [0.15, 0.2) is 48.5 Å². The van der Waals surface area contributed by atoms with Gasteiger partial charge in [-0.3, -0.25) is 9.59 Å². The molecule has 3 rings (SSSR count).